The Balaban J connectivity index is 1.14. The van der Waals surface area contributed by atoms with Crippen LogP contribution in [0.3, 0.4) is 0 Å². The fourth-order valence-electron chi connectivity index (χ4n) is 11.9. The summed E-state index contributed by atoms with van der Waals surface area (Å²) in [4.78, 5) is 2.53. The molecule has 0 bridgehead atoms. The molecule has 0 aromatic heterocycles. The van der Waals surface area contributed by atoms with Crippen molar-refractivity contribution in [3.05, 3.63) is 330 Å². The van der Waals surface area contributed by atoms with Crippen molar-refractivity contribution < 1.29 is 0 Å². The summed E-state index contributed by atoms with van der Waals surface area (Å²) in [6, 6.07) is 106. The quantitative estimate of drug-likeness (QED) is 0.140. The van der Waals surface area contributed by atoms with E-state index in [1.165, 1.54) is 77.9 Å². The lowest BCUT2D eigenvalue weighted by molar-refractivity contribution is 0.767. The Kier molecular flexibility index (Phi) is 9.70. The highest BCUT2D eigenvalue weighted by Crippen LogP contribution is 2.61. The van der Waals surface area contributed by atoms with Crippen LogP contribution in [0.4, 0.5) is 17.1 Å². The first-order valence-corrected chi connectivity index (χ1v) is 24.0. The molecule has 0 amide bonds. The number of hydrogen-bond donors (Lipinski definition) is 0. The van der Waals surface area contributed by atoms with Crippen molar-refractivity contribution in [2.75, 3.05) is 4.90 Å². The van der Waals surface area contributed by atoms with Gasteiger partial charge in [-0.15, -0.1) is 0 Å². The van der Waals surface area contributed by atoms with Crippen LogP contribution in [0.2, 0.25) is 0 Å². The molecule has 0 aliphatic heterocycles. The number of nitrogens with zero attached hydrogens (tertiary/aromatic N) is 1. The summed E-state index contributed by atoms with van der Waals surface area (Å²) in [5.74, 6) is 0. The maximum atomic E-state index is 2.53. The summed E-state index contributed by atoms with van der Waals surface area (Å²) in [6.07, 6.45) is 0. The minimum Gasteiger partial charge on any atom is -0.310 e. The fraction of sp³-hybridized carbons (Fsp3) is 0.0294. The van der Waals surface area contributed by atoms with Crippen LogP contribution in [-0.4, -0.2) is 0 Å². The van der Waals surface area contributed by atoms with Crippen molar-refractivity contribution in [3.63, 3.8) is 0 Å². The molecule has 0 radical (unpaired) electrons. The molecule has 0 unspecified atom stereocenters. The van der Waals surface area contributed by atoms with E-state index in [2.05, 4.69) is 290 Å². The lowest BCUT2D eigenvalue weighted by Gasteiger charge is -2.36. The summed E-state index contributed by atoms with van der Waals surface area (Å²) in [6.45, 7) is 0. The molecule has 1 nitrogen and oxygen atoms in total. The lowest BCUT2D eigenvalue weighted by atomic mass is 9.67. The molecule has 0 N–H and O–H groups in total. The summed E-state index contributed by atoms with van der Waals surface area (Å²) in [5, 5.41) is 0. The Bertz CT molecular complexity index is 3540. The van der Waals surface area contributed by atoms with E-state index in [4.69, 9.17) is 0 Å². The largest absolute Gasteiger partial charge is 0.310 e. The first kappa shape index (κ1) is 40.5. The van der Waals surface area contributed by atoms with E-state index in [1.807, 2.05) is 0 Å². The van der Waals surface area contributed by atoms with Crippen LogP contribution < -0.4 is 4.90 Å². The predicted molar refractivity (Wildman–Crippen MR) is 287 cm³/mol. The van der Waals surface area contributed by atoms with Crippen LogP contribution in [0.25, 0.3) is 44.5 Å². The monoisotopic (exact) mass is 877 g/mol. The van der Waals surface area contributed by atoms with Crippen molar-refractivity contribution >= 4 is 17.1 Å². The van der Waals surface area contributed by atoms with Gasteiger partial charge in [0.2, 0.25) is 0 Å². The first-order chi connectivity index (χ1) is 34.2. The van der Waals surface area contributed by atoms with Gasteiger partial charge in [-0.3, -0.25) is 0 Å². The standard InChI is InChI=1S/C68H47N/c1-7-23-48(24-8-1)49-39-41-55(42-40-49)69(56-43-44-59-57-35-19-21-37-62(57)67(64(59)45-56,51-27-11-3-12-28-51)52-29-13-4-14-30-52)66-47-65-61(46-60(66)50-25-9-2-10-26-50)58-36-20-22-38-63(58)68(65,53-31-15-5-16-32-53)54-33-17-6-18-34-54/h1-47H. The maximum Gasteiger partial charge on any atom is 0.0714 e. The third-order valence-corrected chi connectivity index (χ3v) is 14.8. The average Bonchev–Trinajstić information content (AvgIpc) is 3.90. The molecule has 0 atom stereocenters. The van der Waals surface area contributed by atoms with Gasteiger partial charge < -0.3 is 4.90 Å². The predicted octanol–water partition coefficient (Wildman–Crippen LogP) is 17.2. The van der Waals surface area contributed by atoms with Crippen LogP contribution in [0.15, 0.2) is 285 Å². The normalized spacial score (nSPS) is 13.4. The molecular weight excluding hydrogens is 831 g/mol. The topological polar surface area (TPSA) is 3.24 Å². The molecule has 11 aromatic rings. The van der Waals surface area contributed by atoms with E-state index >= 15 is 0 Å². The van der Waals surface area contributed by atoms with E-state index in [1.54, 1.807) is 0 Å². The van der Waals surface area contributed by atoms with Gasteiger partial charge in [0.15, 0.2) is 0 Å². The average molecular weight is 878 g/mol. The molecule has 0 heterocycles. The first-order valence-electron chi connectivity index (χ1n) is 24.0. The van der Waals surface area contributed by atoms with Gasteiger partial charge in [0.05, 0.1) is 16.5 Å². The number of hydrogen-bond acceptors (Lipinski definition) is 1. The van der Waals surface area contributed by atoms with Crippen molar-refractivity contribution in [2.24, 2.45) is 0 Å². The molecule has 69 heavy (non-hydrogen) atoms. The van der Waals surface area contributed by atoms with Gasteiger partial charge in [0, 0.05) is 16.9 Å². The summed E-state index contributed by atoms with van der Waals surface area (Å²) < 4.78 is 0. The minimum atomic E-state index is -0.587. The highest BCUT2D eigenvalue weighted by molar-refractivity contribution is 5.98. The SMILES string of the molecule is c1ccc(-c2ccc(N(c3ccc4c(c3)C(c3ccccc3)(c3ccccc3)c3ccccc3-4)c3cc4c(cc3-c3ccccc3)-c3ccccc3C4(c3ccccc3)c3ccccc3)cc2)cc1. The van der Waals surface area contributed by atoms with E-state index in [0.717, 1.165) is 28.2 Å². The second-order valence-corrected chi connectivity index (χ2v) is 18.3. The van der Waals surface area contributed by atoms with Crippen molar-refractivity contribution in [1.29, 1.82) is 0 Å². The van der Waals surface area contributed by atoms with Gasteiger partial charge in [-0.05, 0) is 120 Å². The van der Waals surface area contributed by atoms with Crippen LogP contribution in [-0.2, 0) is 10.8 Å². The van der Waals surface area contributed by atoms with Gasteiger partial charge in [0.1, 0.15) is 0 Å². The zero-order valence-corrected chi connectivity index (χ0v) is 38.1. The third-order valence-electron chi connectivity index (χ3n) is 14.8. The zero-order chi connectivity index (χ0) is 45.8. The van der Waals surface area contributed by atoms with E-state index in [0.29, 0.717) is 0 Å². The molecule has 0 fully saturated rings. The molecule has 0 spiro atoms. The van der Waals surface area contributed by atoms with Crippen LogP contribution >= 0.6 is 0 Å². The summed E-state index contributed by atoms with van der Waals surface area (Å²) in [5.41, 5.74) is 21.9. The number of anilines is 3. The molecule has 2 aliphatic carbocycles. The highest BCUT2D eigenvalue weighted by atomic mass is 15.1. The van der Waals surface area contributed by atoms with Gasteiger partial charge in [-0.2, -0.15) is 0 Å². The van der Waals surface area contributed by atoms with Gasteiger partial charge in [0.25, 0.3) is 0 Å². The maximum absolute atomic E-state index is 2.53. The second kappa shape index (κ2) is 16.5. The third kappa shape index (κ3) is 6.24. The Hall–Kier alpha value is -8.78. The number of fused-ring (bicyclic) bond motifs is 6. The van der Waals surface area contributed by atoms with E-state index in [-0.39, 0.29) is 0 Å². The summed E-state index contributed by atoms with van der Waals surface area (Å²) >= 11 is 0. The Morgan fingerprint density at radius 3 is 1.07 bits per heavy atom. The van der Waals surface area contributed by atoms with Gasteiger partial charge in [-0.1, -0.05) is 249 Å². The Morgan fingerprint density at radius 1 is 0.217 bits per heavy atom. The van der Waals surface area contributed by atoms with Crippen molar-refractivity contribution in [2.45, 2.75) is 10.8 Å². The van der Waals surface area contributed by atoms with Crippen LogP contribution in [0.1, 0.15) is 44.5 Å². The summed E-state index contributed by atoms with van der Waals surface area (Å²) in [7, 11) is 0. The van der Waals surface area contributed by atoms with E-state index < -0.39 is 10.8 Å². The van der Waals surface area contributed by atoms with Crippen LogP contribution in [0, 0.1) is 0 Å². The van der Waals surface area contributed by atoms with Crippen LogP contribution in [0.5, 0.6) is 0 Å². The lowest BCUT2D eigenvalue weighted by Crippen LogP contribution is -2.29. The second-order valence-electron chi connectivity index (χ2n) is 18.3. The number of rotatable bonds is 9. The number of benzene rings is 11. The fourth-order valence-corrected chi connectivity index (χ4v) is 11.9. The zero-order valence-electron chi connectivity index (χ0n) is 38.1. The molecule has 0 saturated heterocycles. The molecule has 2 aliphatic rings. The Morgan fingerprint density at radius 2 is 0.580 bits per heavy atom. The van der Waals surface area contributed by atoms with Crippen molar-refractivity contribution in [3.8, 4) is 44.5 Å². The minimum absolute atomic E-state index is 0.565. The smallest absolute Gasteiger partial charge is 0.0714 e. The molecule has 11 aromatic carbocycles. The molecule has 0 saturated carbocycles. The molecular formula is C68H47N. The Labute approximate surface area is 404 Å². The molecule has 1 heteroatoms. The highest BCUT2D eigenvalue weighted by Gasteiger charge is 2.48. The van der Waals surface area contributed by atoms with Gasteiger partial charge in [-0.25, -0.2) is 0 Å². The molecule has 324 valence electrons. The van der Waals surface area contributed by atoms with Gasteiger partial charge >= 0.3 is 0 Å². The van der Waals surface area contributed by atoms with E-state index in [9.17, 15) is 0 Å². The van der Waals surface area contributed by atoms with Crippen molar-refractivity contribution in [1.82, 2.24) is 0 Å². The molecule has 13 rings (SSSR count).